The van der Waals surface area contributed by atoms with Crippen LogP contribution in [0.2, 0.25) is 0 Å². The topological polar surface area (TPSA) is 66.7 Å². The Labute approximate surface area is 111 Å². The Balaban J connectivity index is 2.17. The van der Waals surface area contributed by atoms with Crippen LogP contribution in [-0.2, 0) is 0 Å². The highest BCUT2D eigenvalue weighted by molar-refractivity contribution is 6.01. The number of methoxy groups -OCH3 is 1. The molecule has 0 aliphatic carbocycles. The molecule has 0 bridgehead atoms. The molecule has 0 saturated carbocycles. The van der Waals surface area contributed by atoms with Gasteiger partial charge in [-0.3, -0.25) is 5.43 Å². The van der Waals surface area contributed by atoms with E-state index >= 15 is 0 Å². The third-order valence-corrected chi connectivity index (χ3v) is 2.60. The molecule has 0 amide bonds. The van der Waals surface area contributed by atoms with E-state index in [-0.39, 0.29) is 5.75 Å². The number of rotatable bonds is 4. The summed E-state index contributed by atoms with van der Waals surface area (Å²) in [6.07, 6.45) is 1.68. The van der Waals surface area contributed by atoms with E-state index in [4.69, 9.17) is 4.74 Å². The van der Waals surface area contributed by atoms with Crippen LogP contribution in [0.25, 0.3) is 0 Å². The fraction of sp³-hybridized carbons (Fsp3) is 0.143. The molecule has 0 radical (unpaired) electrons. The molecule has 2 rings (SSSR count). The second kappa shape index (κ2) is 5.86. The summed E-state index contributed by atoms with van der Waals surface area (Å²) in [6, 6.07) is 10.6. The third-order valence-electron chi connectivity index (χ3n) is 2.60. The number of hydrogen-bond donors (Lipinski definition) is 2. The molecule has 98 valence electrons. The summed E-state index contributed by atoms with van der Waals surface area (Å²) in [6.45, 7) is 1.80. The highest BCUT2D eigenvalue weighted by Crippen LogP contribution is 2.23. The number of aromatic hydroxyl groups is 1. The van der Waals surface area contributed by atoms with E-state index in [1.165, 1.54) is 0 Å². The van der Waals surface area contributed by atoms with Crippen molar-refractivity contribution in [1.82, 2.24) is 4.98 Å². The lowest BCUT2D eigenvalue weighted by Crippen LogP contribution is -2.01. The molecule has 0 atom stereocenters. The number of pyridine rings is 1. The van der Waals surface area contributed by atoms with Crippen LogP contribution in [0.15, 0.2) is 47.7 Å². The molecular weight excluding hydrogens is 242 g/mol. The van der Waals surface area contributed by atoms with Gasteiger partial charge in [-0.2, -0.15) is 5.10 Å². The van der Waals surface area contributed by atoms with Crippen molar-refractivity contribution in [3.63, 3.8) is 0 Å². The Hall–Kier alpha value is -2.56. The Bertz CT molecular complexity index is 582. The van der Waals surface area contributed by atoms with E-state index in [0.29, 0.717) is 22.8 Å². The highest BCUT2D eigenvalue weighted by atomic mass is 16.5. The van der Waals surface area contributed by atoms with E-state index in [0.717, 1.165) is 0 Å². The third kappa shape index (κ3) is 3.22. The van der Waals surface area contributed by atoms with E-state index in [1.807, 2.05) is 18.2 Å². The van der Waals surface area contributed by atoms with Crippen LogP contribution in [0.5, 0.6) is 11.5 Å². The molecule has 2 N–H and O–H groups in total. The summed E-state index contributed by atoms with van der Waals surface area (Å²) in [5, 5.41) is 14.1. The van der Waals surface area contributed by atoms with Crippen molar-refractivity contribution in [2.75, 3.05) is 12.5 Å². The largest absolute Gasteiger partial charge is 0.507 e. The number of nitrogens with zero attached hydrogens (tertiary/aromatic N) is 2. The number of aromatic nitrogens is 1. The second-order valence-electron chi connectivity index (χ2n) is 3.91. The Morgan fingerprint density at radius 2 is 2.16 bits per heavy atom. The first-order chi connectivity index (χ1) is 9.20. The lowest BCUT2D eigenvalue weighted by Gasteiger charge is -2.07. The summed E-state index contributed by atoms with van der Waals surface area (Å²) >= 11 is 0. The molecule has 1 heterocycles. The first kappa shape index (κ1) is 12.9. The van der Waals surface area contributed by atoms with Gasteiger partial charge in [0.25, 0.3) is 0 Å². The molecule has 0 fully saturated rings. The minimum atomic E-state index is 0.128. The lowest BCUT2D eigenvalue weighted by molar-refractivity contribution is 0.407. The van der Waals surface area contributed by atoms with Gasteiger partial charge >= 0.3 is 0 Å². The molecule has 0 unspecified atom stereocenters. The van der Waals surface area contributed by atoms with Gasteiger partial charge in [0, 0.05) is 17.8 Å². The van der Waals surface area contributed by atoms with Crippen molar-refractivity contribution in [2.45, 2.75) is 6.92 Å². The Morgan fingerprint density at radius 1 is 1.32 bits per heavy atom. The molecule has 19 heavy (non-hydrogen) atoms. The average molecular weight is 257 g/mol. The fourth-order valence-corrected chi connectivity index (χ4v) is 1.57. The first-order valence-electron chi connectivity index (χ1n) is 5.79. The predicted octanol–water partition coefficient (Wildman–Crippen LogP) is 2.63. The molecular formula is C14H15N3O2. The van der Waals surface area contributed by atoms with Crippen molar-refractivity contribution in [1.29, 1.82) is 0 Å². The molecule has 2 aromatic rings. The van der Waals surface area contributed by atoms with Gasteiger partial charge in [-0.15, -0.1) is 0 Å². The molecule has 5 heteroatoms. The maximum Gasteiger partial charge on any atom is 0.146 e. The van der Waals surface area contributed by atoms with Crippen molar-refractivity contribution in [2.24, 2.45) is 5.10 Å². The zero-order chi connectivity index (χ0) is 13.7. The Morgan fingerprint density at radius 3 is 2.79 bits per heavy atom. The number of hydrazone groups is 1. The van der Waals surface area contributed by atoms with Crippen molar-refractivity contribution >= 4 is 11.5 Å². The van der Waals surface area contributed by atoms with Gasteiger partial charge in [0.15, 0.2) is 0 Å². The summed E-state index contributed by atoms with van der Waals surface area (Å²) < 4.78 is 5.03. The van der Waals surface area contributed by atoms with E-state index in [1.54, 1.807) is 38.4 Å². The zero-order valence-corrected chi connectivity index (χ0v) is 10.8. The van der Waals surface area contributed by atoms with Crippen LogP contribution in [0.4, 0.5) is 5.82 Å². The minimum absolute atomic E-state index is 0.128. The van der Waals surface area contributed by atoms with Crippen LogP contribution in [0, 0.1) is 0 Å². The van der Waals surface area contributed by atoms with E-state index in [2.05, 4.69) is 15.5 Å². The van der Waals surface area contributed by atoms with E-state index in [9.17, 15) is 5.11 Å². The molecule has 1 aromatic heterocycles. The van der Waals surface area contributed by atoms with Crippen LogP contribution >= 0.6 is 0 Å². The second-order valence-corrected chi connectivity index (χ2v) is 3.91. The number of nitrogens with one attached hydrogen (secondary N) is 1. The number of phenols is 1. The maximum absolute atomic E-state index is 9.89. The van der Waals surface area contributed by atoms with Crippen molar-refractivity contribution in [3.05, 3.63) is 48.2 Å². The van der Waals surface area contributed by atoms with Crippen LogP contribution < -0.4 is 10.2 Å². The fourth-order valence-electron chi connectivity index (χ4n) is 1.57. The molecule has 1 aromatic carbocycles. The van der Waals surface area contributed by atoms with Gasteiger partial charge in [0.1, 0.15) is 17.3 Å². The number of benzene rings is 1. The maximum atomic E-state index is 9.89. The number of hydrogen-bond acceptors (Lipinski definition) is 5. The number of ether oxygens (including phenoxy) is 1. The van der Waals surface area contributed by atoms with E-state index < -0.39 is 0 Å². The summed E-state index contributed by atoms with van der Waals surface area (Å²) in [5.41, 5.74) is 4.13. The van der Waals surface area contributed by atoms with Gasteiger partial charge in [-0.25, -0.2) is 4.98 Å². The smallest absolute Gasteiger partial charge is 0.146 e. The predicted molar refractivity (Wildman–Crippen MR) is 74.7 cm³/mol. The minimum Gasteiger partial charge on any atom is -0.507 e. The summed E-state index contributed by atoms with van der Waals surface area (Å²) in [7, 11) is 1.55. The monoisotopic (exact) mass is 257 g/mol. The highest BCUT2D eigenvalue weighted by Gasteiger charge is 2.06. The van der Waals surface area contributed by atoms with Crippen molar-refractivity contribution < 1.29 is 9.84 Å². The van der Waals surface area contributed by atoms with Crippen LogP contribution in [-0.4, -0.2) is 22.9 Å². The average Bonchev–Trinajstić information content (AvgIpc) is 2.45. The first-order valence-corrected chi connectivity index (χ1v) is 5.79. The molecule has 0 saturated heterocycles. The number of phenolic OH excluding ortho intramolecular Hbond substituents is 1. The number of anilines is 1. The van der Waals surface area contributed by atoms with Crippen LogP contribution in [0.3, 0.4) is 0 Å². The molecule has 5 nitrogen and oxygen atoms in total. The molecule has 0 aliphatic heterocycles. The summed E-state index contributed by atoms with van der Waals surface area (Å²) in [4.78, 5) is 4.09. The molecule has 0 aliphatic rings. The zero-order valence-electron chi connectivity index (χ0n) is 10.8. The lowest BCUT2D eigenvalue weighted by atomic mass is 10.1. The molecule has 0 spiro atoms. The van der Waals surface area contributed by atoms with Gasteiger partial charge in [0.2, 0.25) is 0 Å². The van der Waals surface area contributed by atoms with Gasteiger partial charge in [-0.05, 0) is 31.2 Å². The Kier molecular flexibility index (Phi) is 3.97. The normalized spacial score (nSPS) is 11.2. The summed E-state index contributed by atoms with van der Waals surface area (Å²) in [5.74, 6) is 1.38. The van der Waals surface area contributed by atoms with Crippen LogP contribution in [0.1, 0.15) is 12.5 Å². The van der Waals surface area contributed by atoms with Gasteiger partial charge in [-0.1, -0.05) is 6.07 Å². The quantitative estimate of drug-likeness (QED) is 0.652. The standard InChI is InChI=1S/C14H15N3O2/c1-10(16-17-14-5-3-4-8-15-14)12-7-6-11(19-2)9-13(12)18/h3-9,18H,1-2H3,(H,15,17). The van der Waals surface area contributed by atoms with Gasteiger partial charge < -0.3 is 9.84 Å². The SMILES string of the molecule is COc1ccc(C(C)=NNc2ccccn2)c(O)c1. The van der Waals surface area contributed by atoms with Gasteiger partial charge in [0.05, 0.1) is 12.8 Å². The van der Waals surface area contributed by atoms with Crippen molar-refractivity contribution in [3.8, 4) is 11.5 Å².